The lowest BCUT2D eigenvalue weighted by molar-refractivity contribution is -0.159. The van der Waals surface area contributed by atoms with Crippen LogP contribution in [-0.2, 0) is 19.1 Å². The van der Waals surface area contributed by atoms with Gasteiger partial charge in [-0.2, -0.15) is 0 Å². The van der Waals surface area contributed by atoms with Gasteiger partial charge in [0, 0.05) is 20.0 Å². The Balaban J connectivity index is 2.62. The zero-order valence-electron chi connectivity index (χ0n) is 9.67. The van der Waals surface area contributed by atoms with Crippen LogP contribution in [0.5, 0.6) is 0 Å². The van der Waals surface area contributed by atoms with Gasteiger partial charge in [-0.15, -0.1) is 0 Å². The molecule has 0 aromatic rings. The standard InChI is InChI=1S/C10H18N2O4/c1-3-15-9(14)6-10(12-8(2)13)7-11-4-5-16-10/h11H,3-7H2,1-2H3,(H,12,13). The minimum Gasteiger partial charge on any atom is -0.466 e. The molecule has 1 heterocycles. The van der Waals surface area contributed by atoms with E-state index in [-0.39, 0.29) is 18.3 Å². The number of ether oxygens (including phenoxy) is 2. The number of morpholine rings is 1. The fourth-order valence-electron chi connectivity index (χ4n) is 1.66. The molecule has 0 radical (unpaired) electrons. The number of esters is 1. The van der Waals surface area contributed by atoms with Gasteiger partial charge in [0.1, 0.15) is 0 Å². The predicted octanol–water partition coefficient (Wildman–Crippen LogP) is -0.608. The van der Waals surface area contributed by atoms with Crippen LogP contribution in [0.2, 0.25) is 0 Å². The van der Waals surface area contributed by atoms with Gasteiger partial charge in [0.25, 0.3) is 0 Å². The van der Waals surface area contributed by atoms with Crippen molar-refractivity contribution in [1.29, 1.82) is 0 Å². The molecule has 0 bridgehead atoms. The van der Waals surface area contributed by atoms with Gasteiger partial charge in [-0.05, 0) is 6.92 Å². The van der Waals surface area contributed by atoms with E-state index in [0.717, 1.165) is 0 Å². The Hall–Kier alpha value is -1.14. The molecule has 1 atom stereocenters. The second kappa shape index (κ2) is 5.81. The topological polar surface area (TPSA) is 76.7 Å². The van der Waals surface area contributed by atoms with E-state index in [9.17, 15) is 9.59 Å². The second-order valence-corrected chi connectivity index (χ2v) is 3.68. The molecule has 92 valence electrons. The highest BCUT2D eigenvalue weighted by Gasteiger charge is 2.37. The van der Waals surface area contributed by atoms with Gasteiger partial charge < -0.3 is 20.1 Å². The first kappa shape index (κ1) is 12.9. The number of hydrogen-bond acceptors (Lipinski definition) is 5. The minimum atomic E-state index is -0.962. The van der Waals surface area contributed by atoms with Crippen molar-refractivity contribution < 1.29 is 19.1 Å². The summed E-state index contributed by atoms with van der Waals surface area (Å²) in [7, 11) is 0. The van der Waals surface area contributed by atoms with Gasteiger partial charge in [-0.25, -0.2) is 0 Å². The molecule has 1 aliphatic rings. The Morgan fingerprint density at radius 2 is 2.31 bits per heavy atom. The summed E-state index contributed by atoms with van der Waals surface area (Å²) in [5.41, 5.74) is -0.962. The number of hydrogen-bond donors (Lipinski definition) is 2. The molecule has 0 saturated carbocycles. The lowest BCUT2D eigenvalue weighted by Crippen LogP contribution is -2.61. The van der Waals surface area contributed by atoms with Gasteiger partial charge in [0.05, 0.1) is 19.6 Å². The molecule has 1 rings (SSSR count). The summed E-state index contributed by atoms with van der Waals surface area (Å²) in [4.78, 5) is 22.5. The van der Waals surface area contributed by atoms with Crippen LogP contribution in [0.1, 0.15) is 20.3 Å². The van der Waals surface area contributed by atoms with Crippen molar-refractivity contribution in [2.24, 2.45) is 0 Å². The third kappa shape index (κ3) is 3.79. The van der Waals surface area contributed by atoms with Gasteiger partial charge in [-0.3, -0.25) is 9.59 Å². The molecule has 0 aromatic heterocycles. The number of carbonyl (C=O) groups excluding carboxylic acids is 2. The summed E-state index contributed by atoms with van der Waals surface area (Å²) >= 11 is 0. The highest BCUT2D eigenvalue weighted by molar-refractivity contribution is 5.76. The van der Waals surface area contributed by atoms with Crippen molar-refractivity contribution in [2.75, 3.05) is 26.3 Å². The van der Waals surface area contributed by atoms with Crippen LogP contribution >= 0.6 is 0 Å². The largest absolute Gasteiger partial charge is 0.466 e. The van der Waals surface area contributed by atoms with E-state index in [1.807, 2.05) is 0 Å². The molecule has 0 spiro atoms. The predicted molar refractivity (Wildman–Crippen MR) is 56.6 cm³/mol. The number of rotatable bonds is 4. The molecule has 6 nitrogen and oxygen atoms in total. The molecule has 1 amide bonds. The average molecular weight is 230 g/mol. The summed E-state index contributed by atoms with van der Waals surface area (Å²) in [5.74, 6) is -0.604. The molecule has 1 fully saturated rings. The highest BCUT2D eigenvalue weighted by atomic mass is 16.5. The van der Waals surface area contributed by atoms with E-state index in [0.29, 0.717) is 26.3 Å². The lowest BCUT2D eigenvalue weighted by Gasteiger charge is -2.37. The second-order valence-electron chi connectivity index (χ2n) is 3.68. The van der Waals surface area contributed by atoms with E-state index in [1.54, 1.807) is 6.92 Å². The fourth-order valence-corrected chi connectivity index (χ4v) is 1.66. The van der Waals surface area contributed by atoms with E-state index >= 15 is 0 Å². The Morgan fingerprint density at radius 3 is 2.81 bits per heavy atom. The van der Waals surface area contributed by atoms with Gasteiger partial charge in [-0.1, -0.05) is 0 Å². The SMILES string of the molecule is CCOC(=O)CC1(NC(C)=O)CNCCO1. The normalized spacial score (nSPS) is 24.9. The van der Waals surface area contributed by atoms with Crippen LogP contribution < -0.4 is 10.6 Å². The van der Waals surface area contributed by atoms with E-state index < -0.39 is 5.72 Å². The van der Waals surface area contributed by atoms with Crippen molar-refractivity contribution >= 4 is 11.9 Å². The van der Waals surface area contributed by atoms with Crippen LogP contribution in [0.25, 0.3) is 0 Å². The van der Waals surface area contributed by atoms with Crippen LogP contribution in [-0.4, -0.2) is 43.9 Å². The summed E-state index contributed by atoms with van der Waals surface area (Å²) in [6.45, 7) is 5.03. The van der Waals surface area contributed by atoms with Gasteiger partial charge in [0.2, 0.25) is 5.91 Å². The molecule has 16 heavy (non-hydrogen) atoms. The maximum Gasteiger partial charge on any atom is 0.310 e. The van der Waals surface area contributed by atoms with E-state index in [1.165, 1.54) is 6.92 Å². The fraction of sp³-hybridized carbons (Fsp3) is 0.800. The molecule has 6 heteroatoms. The summed E-state index contributed by atoms with van der Waals surface area (Å²) in [6.07, 6.45) is 0.0212. The van der Waals surface area contributed by atoms with Crippen LogP contribution in [0.3, 0.4) is 0 Å². The van der Waals surface area contributed by atoms with Gasteiger partial charge >= 0.3 is 5.97 Å². The molecule has 1 aliphatic heterocycles. The lowest BCUT2D eigenvalue weighted by atomic mass is 10.1. The van der Waals surface area contributed by atoms with E-state index in [2.05, 4.69) is 10.6 Å². The molecule has 1 saturated heterocycles. The van der Waals surface area contributed by atoms with Crippen molar-refractivity contribution in [3.05, 3.63) is 0 Å². The Bertz CT molecular complexity index is 262. The van der Waals surface area contributed by atoms with Crippen LogP contribution in [0.4, 0.5) is 0 Å². The third-order valence-corrected chi connectivity index (χ3v) is 2.21. The Kier molecular flexibility index (Phi) is 4.70. The molecular formula is C10H18N2O4. The summed E-state index contributed by atoms with van der Waals surface area (Å²) in [6, 6.07) is 0. The first-order valence-corrected chi connectivity index (χ1v) is 5.37. The average Bonchev–Trinajstić information content (AvgIpc) is 2.17. The molecule has 1 unspecified atom stereocenters. The number of carbonyl (C=O) groups is 2. The first-order valence-electron chi connectivity index (χ1n) is 5.37. The van der Waals surface area contributed by atoms with Crippen molar-refractivity contribution in [3.63, 3.8) is 0 Å². The smallest absolute Gasteiger partial charge is 0.310 e. The molecular weight excluding hydrogens is 212 g/mol. The summed E-state index contributed by atoms with van der Waals surface area (Å²) < 4.78 is 10.4. The van der Waals surface area contributed by atoms with Crippen LogP contribution in [0.15, 0.2) is 0 Å². The van der Waals surface area contributed by atoms with Crippen LogP contribution in [0, 0.1) is 0 Å². The number of nitrogens with one attached hydrogen (secondary N) is 2. The summed E-state index contributed by atoms with van der Waals surface area (Å²) in [5, 5.41) is 5.74. The highest BCUT2D eigenvalue weighted by Crippen LogP contribution is 2.15. The van der Waals surface area contributed by atoms with Crippen molar-refractivity contribution in [1.82, 2.24) is 10.6 Å². The number of amides is 1. The van der Waals surface area contributed by atoms with Gasteiger partial charge in [0.15, 0.2) is 5.72 Å². The Labute approximate surface area is 94.7 Å². The zero-order chi connectivity index (χ0) is 12.0. The molecule has 2 N–H and O–H groups in total. The molecule has 0 aliphatic carbocycles. The van der Waals surface area contributed by atoms with Crippen molar-refractivity contribution in [2.45, 2.75) is 26.0 Å². The minimum absolute atomic E-state index is 0.0212. The third-order valence-electron chi connectivity index (χ3n) is 2.21. The maximum atomic E-state index is 11.4. The molecule has 0 aromatic carbocycles. The Morgan fingerprint density at radius 1 is 1.56 bits per heavy atom. The van der Waals surface area contributed by atoms with Crippen molar-refractivity contribution in [3.8, 4) is 0 Å². The zero-order valence-corrected chi connectivity index (χ0v) is 9.67. The first-order chi connectivity index (χ1) is 7.58. The quantitative estimate of drug-likeness (QED) is 0.630. The van der Waals surface area contributed by atoms with E-state index in [4.69, 9.17) is 9.47 Å². The maximum absolute atomic E-state index is 11.4. The monoisotopic (exact) mass is 230 g/mol.